The molecule has 15 heavy (non-hydrogen) atoms. The Balaban J connectivity index is 1.84. The van der Waals surface area contributed by atoms with E-state index in [1.807, 2.05) is 0 Å². The molecule has 0 saturated carbocycles. The van der Waals surface area contributed by atoms with Crippen LogP contribution in [0.25, 0.3) is 0 Å². The van der Waals surface area contributed by atoms with Crippen LogP contribution in [0.4, 0.5) is 0 Å². The summed E-state index contributed by atoms with van der Waals surface area (Å²) in [6.07, 6.45) is 7.45. The minimum Gasteiger partial charge on any atom is -0.389 e. The number of unbranched alkanes of at least 4 members (excludes halogenated alkanes) is 5. The maximum atomic E-state index is 9.47. The van der Waals surface area contributed by atoms with Crippen molar-refractivity contribution in [1.29, 1.82) is 0 Å². The topological polar surface area (TPSA) is 41.5 Å². The van der Waals surface area contributed by atoms with E-state index in [0.717, 1.165) is 19.6 Å². The van der Waals surface area contributed by atoms with E-state index < -0.39 is 0 Å². The van der Waals surface area contributed by atoms with Gasteiger partial charge in [0.15, 0.2) is 0 Å². The Bertz CT molecular complexity index is 153. The Labute approximate surface area is 93.2 Å². The van der Waals surface area contributed by atoms with Crippen LogP contribution in [-0.2, 0) is 4.74 Å². The molecule has 2 N–H and O–H groups in total. The Morgan fingerprint density at radius 2 is 1.87 bits per heavy atom. The first-order chi connectivity index (χ1) is 7.34. The molecule has 0 bridgehead atoms. The normalized spacial score (nSPS) is 26.0. The van der Waals surface area contributed by atoms with Gasteiger partial charge in [-0.05, 0) is 6.42 Å². The second-order valence-corrected chi connectivity index (χ2v) is 4.40. The predicted molar refractivity (Wildman–Crippen MR) is 62.0 cm³/mol. The van der Waals surface area contributed by atoms with Crippen molar-refractivity contribution in [1.82, 2.24) is 5.32 Å². The van der Waals surface area contributed by atoms with Crippen LogP contribution >= 0.6 is 0 Å². The predicted octanol–water partition coefficient (Wildman–Crippen LogP) is 1.70. The highest BCUT2D eigenvalue weighted by Crippen LogP contribution is 2.08. The molecule has 1 heterocycles. The molecule has 90 valence electrons. The van der Waals surface area contributed by atoms with Crippen LogP contribution in [-0.4, -0.2) is 37.0 Å². The van der Waals surface area contributed by atoms with Gasteiger partial charge >= 0.3 is 0 Å². The molecule has 0 aromatic rings. The van der Waals surface area contributed by atoms with Crippen molar-refractivity contribution in [2.45, 2.75) is 57.7 Å². The number of β-amino-alcohol motifs (C(OH)–C–C–N with tert-alkyl or cyclic N) is 1. The summed E-state index contributed by atoms with van der Waals surface area (Å²) in [5.41, 5.74) is 0. The molecule has 1 saturated heterocycles. The van der Waals surface area contributed by atoms with Crippen LogP contribution in [0.1, 0.15) is 45.4 Å². The summed E-state index contributed by atoms with van der Waals surface area (Å²) in [4.78, 5) is 0. The summed E-state index contributed by atoms with van der Waals surface area (Å²) in [6.45, 7) is 4.52. The van der Waals surface area contributed by atoms with Crippen molar-refractivity contribution in [2.75, 3.05) is 19.7 Å². The third-order valence-electron chi connectivity index (χ3n) is 2.96. The second-order valence-electron chi connectivity index (χ2n) is 4.40. The zero-order chi connectivity index (χ0) is 10.9. The molecule has 0 spiro atoms. The number of aliphatic hydroxyl groups excluding tert-OH is 1. The molecule has 3 nitrogen and oxygen atoms in total. The van der Waals surface area contributed by atoms with Gasteiger partial charge in [-0.15, -0.1) is 0 Å². The molecule has 1 aliphatic rings. The fourth-order valence-electron chi connectivity index (χ4n) is 1.93. The fraction of sp³-hybridized carbons (Fsp3) is 1.00. The summed E-state index contributed by atoms with van der Waals surface area (Å²) in [5, 5.41) is 12.6. The van der Waals surface area contributed by atoms with E-state index >= 15 is 0 Å². The minimum absolute atomic E-state index is 0.0284. The second kappa shape index (κ2) is 8.08. The molecule has 0 amide bonds. The lowest BCUT2D eigenvalue weighted by Gasteiger charge is -2.14. The smallest absolute Gasteiger partial charge is 0.0970 e. The molecule has 2 atom stereocenters. The lowest BCUT2D eigenvalue weighted by Crippen LogP contribution is -2.27. The Morgan fingerprint density at radius 1 is 1.13 bits per heavy atom. The van der Waals surface area contributed by atoms with Gasteiger partial charge < -0.3 is 15.2 Å². The maximum absolute atomic E-state index is 9.47. The van der Waals surface area contributed by atoms with Crippen molar-refractivity contribution >= 4 is 0 Å². The van der Waals surface area contributed by atoms with Crippen LogP contribution in [0.2, 0.25) is 0 Å². The Morgan fingerprint density at radius 3 is 2.53 bits per heavy atom. The molecule has 1 aliphatic heterocycles. The van der Waals surface area contributed by atoms with Gasteiger partial charge in [0.1, 0.15) is 0 Å². The van der Waals surface area contributed by atoms with Gasteiger partial charge in [0, 0.05) is 19.7 Å². The summed E-state index contributed by atoms with van der Waals surface area (Å²) in [6, 6.07) is 0. The summed E-state index contributed by atoms with van der Waals surface area (Å²) < 4.78 is 5.61. The SMILES string of the molecule is CCCCCCCCOC1CNCC1O. The van der Waals surface area contributed by atoms with Crippen LogP contribution in [0.3, 0.4) is 0 Å². The first-order valence-electron chi connectivity index (χ1n) is 6.35. The van der Waals surface area contributed by atoms with Crippen molar-refractivity contribution in [3.63, 3.8) is 0 Å². The largest absolute Gasteiger partial charge is 0.389 e. The molecule has 0 aliphatic carbocycles. The third-order valence-corrected chi connectivity index (χ3v) is 2.96. The average molecular weight is 215 g/mol. The lowest BCUT2D eigenvalue weighted by atomic mass is 10.1. The van der Waals surface area contributed by atoms with E-state index in [4.69, 9.17) is 4.74 Å². The van der Waals surface area contributed by atoms with Gasteiger partial charge in [0.05, 0.1) is 12.2 Å². The molecule has 0 aromatic carbocycles. The van der Waals surface area contributed by atoms with Crippen LogP contribution < -0.4 is 5.32 Å². The average Bonchev–Trinajstić information content (AvgIpc) is 2.63. The lowest BCUT2D eigenvalue weighted by molar-refractivity contribution is -0.00924. The first kappa shape index (κ1) is 12.9. The number of rotatable bonds is 8. The molecular formula is C12H25NO2. The quantitative estimate of drug-likeness (QED) is 0.606. The van der Waals surface area contributed by atoms with E-state index in [9.17, 15) is 5.11 Å². The first-order valence-corrected chi connectivity index (χ1v) is 6.35. The van der Waals surface area contributed by atoms with E-state index in [1.165, 1.54) is 32.1 Å². The Kier molecular flexibility index (Phi) is 6.98. The van der Waals surface area contributed by atoms with E-state index in [1.54, 1.807) is 0 Å². The van der Waals surface area contributed by atoms with Crippen LogP contribution in [0, 0.1) is 0 Å². The summed E-state index contributed by atoms with van der Waals surface area (Å²) >= 11 is 0. The zero-order valence-corrected chi connectivity index (χ0v) is 9.87. The molecule has 2 unspecified atom stereocenters. The molecule has 1 rings (SSSR count). The number of hydrogen-bond acceptors (Lipinski definition) is 3. The highest BCUT2D eigenvalue weighted by atomic mass is 16.5. The molecule has 3 heteroatoms. The van der Waals surface area contributed by atoms with E-state index in [2.05, 4.69) is 12.2 Å². The van der Waals surface area contributed by atoms with Gasteiger partial charge in [0.2, 0.25) is 0 Å². The van der Waals surface area contributed by atoms with Crippen molar-refractivity contribution < 1.29 is 9.84 Å². The Hall–Kier alpha value is -0.120. The van der Waals surface area contributed by atoms with Gasteiger partial charge in [-0.3, -0.25) is 0 Å². The number of hydrogen-bond donors (Lipinski definition) is 2. The highest BCUT2D eigenvalue weighted by molar-refractivity contribution is 4.80. The van der Waals surface area contributed by atoms with E-state index in [0.29, 0.717) is 6.54 Å². The van der Waals surface area contributed by atoms with Crippen LogP contribution in [0.5, 0.6) is 0 Å². The third kappa shape index (κ3) is 5.50. The summed E-state index contributed by atoms with van der Waals surface area (Å²) in [7, 11) is 0. The minimum atomic E-state index is -0.301. The van der Waals surface area contributed by atoms with E-state index in [-0.39, 0.29) is 12.2 Å². The maximum Gasteiger partial charge on any atom is 0.0970 e. The monoisotopic (exact) mass is 215 g/mol. The van der Waals surface area contributed by atoms with Crippen molar-refractivity contribution in [3.8, 4) is 0 Å². The molecular weight excluding hydrogens is 190 g/mol. The van der Waals surface area contributed by atoms with Crippen molar-refractivity contribution in [3.05, 3.63) is 0 Å². The number of ether oxygens (including phenoxy) is 1. The molecule has 0 aromatic heterocycles. The zero-order valence-electron chi connectivity index (χ0n) is 9.87. The van der Waals surface area contributed by atoms with Gasteiger partial charge in [-0.25, -0.2) is 0 Å². The standard InChI is InChI=1S/C12H25NO2/c1-2-3-4-5-6-7-8-15-12-10-13-9-11(12)14/h11-14H,2-10H2,1H3. The fourth-order valence-corrected chi connectivity index (χ4v) is 1.93. The van der Waals surface area contributed by atoms with Gasteiger partial charge in [-0.1, -0.05) is 39.0 Å². The number of aliphatic hydroxyl groups is 1. The number of nitrogens with one attached hydrogen (secondary N) is 1. The molecule has 0 radical (unpaired) electrons. The molecule has 1 fully saturated rings. The van der Waals surface area contributed by atoms with Crippen LogP contribution in [0.15, 0.2) is 0 Å². The van der Waals surface area contributed by atoms with Gasteiger partial charge in [-0.2, -0.15) is 0 Å². The summed E-state index contributed by atoms with van der Waals surface area (Å²) in [5.74, 6) is 0. The van der Waals surface area contributed by atoms with Crippen molar-refractivity contribution in [2.24, 2.45) is 0 Å². The highest BCUT2D eigenvalue weighted by Gasteiger charge is 2.24. The van der Waals surface area contributed by atoms with Gasteiger partial charge in [0.25, 0.3) is 0 Å².